The van der Waals surface area contributed by atoms with Crippen molar-refractivity contribution >= 4 is 11.8 Å². The van der Waals surface area contributed by atoms with Gasteiger partial charge in [0, 0.05) is 29.3 Å². The Bertz CT molecular complexity index is 971. The molecular weight excluding hydrogens is 415 g/mol. The lowest BCUT2D eigenvalue weighted by atomic mass is 9.95. The molecule has 0 saturated carbocycles. The van der Waals surface area contributed by atoms with Gasteiger partial charge >= 0.3 is 0 Å². The highest BCUT2D eigenvalue weighted by Gasteiger charge is 2.44. The third-order valence-electron chi connectivity index (χ3n) is 6.32. The van der Waals surface area contributed by atoms with Crippen LogP contribution in [-0.4, -0.2) is 56.2 Å². The van der Waals surface area contributed by atoms with Crippen molar-refractivity contribution in [2.75, 3.05) is 21.3 Å². The summed E-state index contributed by atoms with van der Waals surface area (Å²) < 4.78 is 29.3. The second-order valence-electron chi connectivity index (χ2n) is 8.16. The Balaban J connectivity index is 1.49. The van der Waals surface area contributed by atoms with Gasteiger partial charge in [-0.25, -0.2) is 4.39 Å². The molecule has 0 aliphatic carbocycles. The Hall–Kier alpha value is -3.29. The zero-order chi connectivity index (χ0) is 22.8. The molecule has 2 saturated heterocycles. The molecule has 2 amide bonds. The molecule has 7 nitrogen and oxygen atoms in total. The molecular formula is C24H27FN2O5. The van der Waals surface area contributed by atoms with Gasteiger partial charge in [-0.1, -0.05) is 0 Å². The molecule has 8 heteroatoms. The highest BCUT2D eigenvalue weighted by Crippen LogP contribution is 2.41. The highest BCUT2D eigenvalue weighted by molar-refractivity contribution is 5.96. The van der Waals surface area contributed by atoms with E-state index in [0.29, 0.717) is 41.2 Å². The molecule has 2 fully saturated rings. The maximum atomic E-state index is 13.4. The molecule has 2 aromatic carbocycles. The van der Waals surface area contributed by atoms with Gasteiger partial charge in [0.15, 0.2) is 11.5 Å². The average Bonchev–Trinajstić information content (AvgIpc) is 3.07. The van der Waals surface area contributed by atoms with E-state index >= 15 is 0 Å². The fourth-order valence-electron chi connectivity index (χ4n) is 4.85. The predicted molar refractivity (Wildman–Crippen MR) is 116 cm³/mol. The summed E-state index contributed by atoms with van der Waals surface area (Å²) in [6.07, 6.45) is 3.15. The Morgan fingerprint density at radius 1 is 0.906 bits per heavy atom. The number of halogens is 1. The molecule has 2 aromatic rings. The number of methoxy groups -OCH3 is 3. The number of nitrogens with zero attached hydrogens (tertiary/aromatic N) is 1. The van der Waals surface area contributed by atoms with Gasteiger partial charge in [-0.2, -0.15) is 0 Å². The first-order valence-electron chi connectivity index (χ1n) is 10.6. The van der Waals surface area contributed by atoms with Crippen molar-refractivity contribution in [1.82, 2.24) is 10.2 Å². The Morgan fingerprint density at radius 3 is 1.97 bits per heavy atom. The van der Waals surface area contributed by atoms with Gasteiger partial charge in [0.05, 0.1) is 21.3 Å². The largest absolute Gasteiger partial charge is 0.493 e. The molecule has 2 aliphatic rings. The van der Waals surface area contributed by atoms with E-state index < -0.39 is 0 Å². The summed E-state index contributed by atoms with van der Waals surface area (Å²) in [5.74, 6) is 0.627. The van der Waals surface area contributed by atoms with Crippen molar-refractivity contribution in [2.24, 2.45) is 0 Å². The number of amides is 2. The molecule has 2 aliphatic heterocycles. The second-order valence-corrected chi connectivity index (χ2v) is 8.16. The lowest BCUT2D eigenvalue weighted by Crippen LogP contribution is -2.52. The molecule has 2 unspecified atom stereocenters. The SMILES string of the molecule is COc1cc(C(=O)N2C3CCC2CC(NC(=O)c2ccc(F)cc2)C3)cc(OC)c1OC. The number of fused-ring (bicyclic) bond motifs is 2. The highest BCUT2D eigenvalue weighted by atomic mass is 19.1. The van der Waals surface area contributed by atoms with E-state index in [1.807, 2.05) is 4.90 Å². The number of carbonyl (C=O) groups excluding carboxylic acids is 2. The van der Waals surface area contributed by atoms with Gasteiger partial charge < -0.3 is 24.4 Å². The topological polar surface area (TPSA) is 77.1 Å². The smallest absolute Gasteiger partial charge is 0.254 e. The van der Waals surface area contributed by atoms with Crippen molar-refractivity contribution in [3.05, 3.63) is 53.3 Å². The minimum Gasteiger partial charge on any atom is -0.493 e. The molecule has 1 N–H and O–H groups in total. The van der Waals surface area contributed by atoms with Crippen molar-refractivity contribution in [1.29, 1.82) is 0 Å². The number of carbonyl (C=O) groups is 2. The van der Waals surface area contributed by atoms with Crippen molar-refractivity contribution in [2.45, 2.75) is 43.8 Å². The lowest BCUT2D eigenvalue weighted by Gasteiger charge is -2.39. The van der Waals surface area contributed by atoms with E-state index in [-0.39, 0.29) is 35.8 Å². The molecule has 0 spiro atoms. The lowest BCUT2D eigenvalue weighted by molar-refractivity contribution is 0.0548. The summed E-state index contributed by atoms with van der Waals surface area (Å²) in [4.78, 5) is 27.9. The summed E-state index contributed by atoms with van der Waals surface area (Å²) in [6, 6.07) is 8.89. The Kier molecular flexibility index (Phi) is 6.21. The Morgan fingerprint density at radius 2 is 1.47 bits per heavy atom. The molecule has 4 rings (SSSR count). The maximum Gasteiger partial charge on any atom is 0.254 e. The number of hydrogen-bond acceptors (Lipinski definition) is 5. The van der Waals surface area contributed by atoms with Crippen LogP contribution in [0.1, 0.15) is 46.4 Å². The van der Waals surface area contributed by atoms with Crippen LogP contribution in [0.4, 0.5) is 4.39 Å². The maximum absolute atomic E-state index is 13.4. The first kappa shape index (κ1) is 21.9. The van der Waals surface area contributed by atoms with E-state index in [1.54, 1.807) is 12.1 Å². The third-order valence-corrected chi connectivity index (χ3v) is 6.32. The van der Waals surface area contributed by atoms with Crippen LogP contribution in [0.5, 0.6) is 17.2 Å². The minimum absolute atomic E-state index is 0.0333. The number of piperidine rings is 1. The molecule has 2 bridgehead atoms. The van der Waals surface area contributed by atoms with Crippen LogP contribution in [0.15, 0.2) is 36.4 Å². The first-order valence-corrected chi connectivity index (χ1v) is 10.6. The minimum atomic E-state index is -0.377. The van der Waals surface area contributed by atoms with E-state index in [1.165, 1.54) is 45.6 Å². The third kappa shape index (κ3) is 4.09. The van der Waals surface area contributed by atoms with E-state index in [4.69, 9.17) is 14.2 Å². The van der Waals surface area contributed by atoms with Crippen LogP contribution < -0.4 is 19.5 Å². The van der Waals surface area contributed by atoms with Crippen LogP contribution in [0.25, 0.3) is 0 Å². The van der Waals surface area contributed by atoms with Crippen molar-refractivity contribution in [3.63, 3.8) is 0 Å². The normalized spacial score (nSPS) is 21.8. The van der Waals surface area contributed by atoms with Gasteiger partial charge in [-0.05, 0) is 62.1 Å². The summed E-state index contributed by atoms with van der Waals surface area (Å²) in [7, 11) is 4.56. The summed E-state index contributed by atoms with van der Waals surface area (Å²) in [5, 5.41) is 3.05. The zero-order valence-electron chi connectivity index (χ0n) is 18.4. The number of hydrogen-bond donors (Lipinski definition) is 1. The average molecular weight is 442 g/mol. The first-order chi connectivity index (χ1) is 15.4. The summed E-state index contributed by atoms with van der Waals surface area (Å²) in [5.41, 5.74) is 0.903. The predicted octanol–water partition coefficient (Wildman–Crippen LogP) is 3.42. The fraction of sp³-hybridized carbons (Fsp3) is 0.417. The number of benzene rings is 2. The van der Waals surface area contributed by atoms with Gasteiger partial charge in [0.2, 0.25) is 5.75 Å². The van der Waals surface area contributed by atoms with Gasteiger partial charge in [0.25, 0.3) is 11.8 Å². The van der Waals surface area contributed by atoms with Gasteiger partial charge in [-0.15, -0.1) is 0 Å². The monoisotopic (exact) mass is 442 g/mol. The van der Waals surface area contributed by atoms with E-state index in [0.717, 1.165) is 12.8 Å². The molecule has 2 atom stereocenters. The van der Waals surface area contributed by atoms with Crippen LogP contribution in [0.3, 0.4) is 0 Å². The fourth-order valence-corrected chi connectivity index (χ4v) is 4.85. The zero-order valence-corrected chi connectivity index (χ0v) is 18.4. The number of nitrogens with one attached hydrogen (secondary N) is 1. The molecule has 170 valence electrons. The van der Waals surface area contributed by atoms with Gasteiger partial charge in [-0.3, -0.25) is 9.59 Å². The quantitative estimate of drug-likeness (QED) is 0.742. The van der Waals surface area contributed by atoms with Crippen LogP contribution in [0.2, 0.25) is 0 Å². The van der Waals surface area contributed by atoms with Crippen LogP contribution in [-0.2, 0) is 0 Å². The summed E-state index contributed by atoms with van der Waals surface area (Å²) in [6.45, 7) is 0. The molecule has 2 heterocycles. The van der Waals surface area contributed by atoms with Crippen molar-refractivity contribution in [3.8, 4) is 17.2 Å². The molecule has 32 heavy (non-hydrogen) atoms. The number of rotatable bonds is 6. The second kappa shape index (κ2) is 9.06. The van der Waals surface area contributed by atoms with Gasteiger partial charge in [0.1, 0.15) is 5.82 Å². The van der Waals surface area contributed by atoms with E-state index in [2.05, 4.69) is 5.32 Å². The number of ether oxygens (including phenoxy) is 3. The van der Waals surface area contributed by atoms with Crippen LogP contribution >= 0.6 is 0 Å². The standard InChI is InChI=1S/C24H27FN2O5/c1-30-20-10-15(11-21(31-2)22(20)32-3)24(29)27-18-8-9-19(27)13-17(12-18)26-23(28)14-4-6-16(25)7-5-14/h4-7,10-11,17-19H,8-9,12-13H2,1-3H3,(H,26,28). The molecule has 0 radical (unpaired) electrons. The Labute approximate surface area is 186 Å². The van der Waals surface area contributed by atoms with Crippen molar-refractivity contribution < 1.29 is 28.2 Å². The van der Waals surface area contributed by atoms with Crippen LogP contribution in [0, 0.1) is 5.82 Å². The summed E-state index contributed by atoms with van der Waals surface area (Å²) >= 11 is 0. The van der Waals surface area contributed by atoms with E-state index in [9.17, 15) is 14.0 Å². The molecule has 0 aromatic heterocycles.